The van der Waals surface area contributed by atoms with E-state index in [1.807, 2.05) is 0 Å². The molecule has 1 rings (SSSR count). The van der Waals surface area contributed by atoms with Gasteiger partial charge in [-0.2, -0.15) is 0 Å². The zero-order valence-corrected chi connectivity index (χ0v) is 9.94. The molecule has 0 aromatic heterocycles. The van der Waals surface area contributed by atoms with Crippen molar-refractivity contribution in [2.75, 3.05) is 20.7 Å². The summed E-state index contributed by atoms with van der Waals surface area (Å²) in [5, 5.41) is 2.53. The molecule has 0 unspecified atom stereocenters. The number of nitrogens with zero attached hydrogens (tertiary/aromatic N) is 2. The van der Waals surface area contributed by atoms with Crippen molar-refractivity contribution in [3.63, 3.8) is 0 Å². The van der Waals surface area contributed by atoms with Gasteiger partial charge in [-0.1, -0.05) is 0 Å². The minimum absolute atomic E-state index is 0.288. The van der Waals surface area contributed by atoms with E-state index in [2.05, 4.69) is 4.74 Å². The number of hydrogen-bond donors (Lipinski definition) is 0. The summed E-state index contributed by atoms with van der Waals surface area (Å²) in [7, 11) is 2.84. The van der Waals surface area contributed by atoms with Crippen LogP contribution in [0.2, 0.25) is 0 Å². The van der Waals surface area contributed by atoms with Gasteiger partial charge >= 0.3 is 5.97 Å². The summed E-state index contributed by atoms with van der Waals surface area (Å²) in [6.07, 6.45) is -0.414. The number of methoxy groups -OCH3 is 1. The molecule has 16 heavy (non-hydrogen) atoms. The quantitative estimate of drug-likeness (QED) is 0.483. The van der Waals surface area contributed by atoms with Crippen LogP contribution in [-0.4, -0.2) is 48.5 Å². The Morgan fingerprint density at radius 3 is 2.38 bits per heavy atom. The van der Waals surface area contributed by atoms with Crippen LogP contribution in [0.15, 0.2) is 0 Å². The first-order valence-electron chi connectivity index (χ1n) is 4.95. The fraction of sp³-hybridized carbons (Fsp3) is 0.700. The van der Waals surface area contributed by atoms with Gasteiger partial charge in [0, 0.05) is 13.6 Å². The Bertz CT molecular complexity index is 338. The van der Waals surface area contributed by atoms with Gasteiger partial charge in [0.25, 0.3) is 11.8 Å². The number of esters is 1. The van der Waals surface area contributed by atoms with Gasteiger partial charge < -0.3 is 4.74 Å². The lowest BCUT2D eigenvalue weighted by molar-refractivity contribution is -0.159. The molecular formula is C10H16N2O4. The lowest BCUT2D eigenvalue weighted by Gasteiger charge is -2.21. The first-order valence-corrected chi connectivity index (χ1v) is 4.95. The summed E-state index contributed by atoms with van der Waals surface area (Å²) in [6, 6.07) is 0. The van der Waals surface area contributed by atoms with Crippen molar-refractivity contribution in [1.82, 2.24) is 10.0 Å². The number of rotatable bonds is 2. The van der Waals surface area contributed by atoms with Crippen molar-refractivity contribution in [1.29, 1.82) is 0 Å². The molecule has 0 N–H and O–H groups in total. The summed E-state index contributed by atoms with van der Waals surface area (Å²) in [6.45, 7) is 3.98. The second-order valence-electron chi connectivity index (χ2n) is 4.46. The first kappa shape index (κ1) is 12.6. The Kier molecular flexibility index (Phi) is 3.32. The lowest BCUT2D eigenvalue weighted by atomic mass is 9.94. The molecule has 0 radical (unpaired) electrons. The molecule has 0 atom stereocenters. The Hall–Kier alpha value is -1.43. The molecule has 0 aliphatic carbocycles. The second-order valence-corrected chi connectivity index (χ2v) is 4.46. The minimum Gasteiger partial charge on any atom is -0.469 e. The van der Waals surface area contributed by atoms with Crippen LogP contribution in [0.3, 0.4) is 0 Å². The van der Waals surface area contributed by atoms with E-state index in [9.17, 15) is 14.4 Å². The molecule has 0 aromatic rings. The van der Waals surface area contributed by atoms with E-state index in [1.54, 1.807) is 20.9 Å². The largest absolute Gasteiger partial charge is 0.469 e. The maximum atomic E-state index is 11.9. The van der Waals surface area contributed by atoms with E-state index < -0.39 is 23.7 Å². The van der Waals surface area contributed by atoms with Crippen molar-refractivity contribution < 1.29 is 19.1 Å². The number of carbonyl (C=O) groups is 3. The average Bonchev–Trinajstić information content (AvgIpc) is 2.35. The Morgan fingerprint density at radius 2 is 2.00 bits per heavy atom. The number of ether oxygens (including phenoxy) is 1. The fourth-order valence-electron chi connectivity index (χ4n) is 1.73. The monoisotopic (exact) mass is 228 g/mol. The standard InChI is InChI=1S/C10H16N2O4/c1-10(2)6-11(3)12(9(10)15)7(13)5-8(14)16-4/h5-6H2,1-4H3. The summed E-state index contributed by atoms with van der Waals surface area (Å²) < 4.78 is 4.39. The van der Waals surface area contributed by atoms with E-state index in [4.69, 9.17) is 0 Å². The van der Waals surface area contributed by atoms with Crippen LogP contribution in [0.5, 0.6) is 0 Å². The molecular weight excluding hydrogens is 212 g/mol. The van der Waals surface area contributed by atoms with Crippen molar-refractivity contribution in [2.45, 2.75) is 20.3 Å². The zero-order valence-electron chi connectivity index (χ0n) is 9.94. The summed E-state index contributed by atoms with van der Waals surface area (Å²) >= 11 is 0. The van der Waals surface area contributed by atoms with Gasteiger partial charge in [-0.05, 0) is 13.8 Å². The van der Waals surface area contributed by atoms with Crippen LogP contribution >= 0.6 is 0 Å². The van der Waals surface area contributed by atoms with Gasteiger partial charge in [0.15, 0.2) is 0 Å². The molecule has 2 amide bonds. The van der Waals surface area contributed by atoms with Gasteiger partial charge in [0.1, 0.15) is 6.42 Å². The lowest BCUT2D eigenvalue weighted by Crippen LogP contribution is -2.43. The van der Waals surface area contributed by atoms with Gasteiger partial charge in [0.2, 0.25) is 0 Å². The van der Waals surface area contributed by atoms with Crippen LogP contribution < -0.4 is 0 Å². The molecule has 6 nitrogen and oxygen atoms in total. The highest BCUT2D eigenvalue weighted by atomic mass is 16.5. The number of hydrogen-bond acceptors (Lipinski definition) is 5. The third-order valence-electron chi connectivity index (χ3n) is 2.50. The summed E-state index contributed by atoms with van der Waals surface area (Å²) in [5.41, 5.74) is -0.597. The predicted octanol–water partition coefficient (Wildman–Crippen LogP) is -0.209. The van der Waals surface area contributed by atoms with Crippen LogP contribution in [0.25, 0.3) is 0 Å². The van der Waals surface area contributed by atoms with Crippen LogP contribution in [-0.2, 0) is 19.1 Å². The van der Waals surface area contributed by atoms with Gasteiger partial charge in [-0.3, -0.25) is 14.4 Å². The van der Waals surface area contributed by atoms with Crippen molar-refractivity contribution in [3.05, 3.63) is 0 Å². The molecule has 90 valence electrons. The van der Waals surface area contributed by atoms with E-state index in [0.717, 1.165) is 5.01 Å². The normalized spacial score (nSPS) is 20.0. The first-order chi connectivity index (χ1) is 7.29. The number of imide groups is 1. The molecule has 1 aliphatic rings. The minimum atomic E-state index is -0.643. The third-order valence-corrected chi connectivity index (χ3v) is 2.50. The van der Waals surface area contributed by atoms with E-state index in [0.29, 0.717) is 6.54 Å². The highest BCUT2D eigenvalue weighted by molar-refractivity contribution is 6.04. The fourth-order valence-corrected chi connectivity index (χ4v) is 1.73. The number of amides is 2. The molecule has 0 bridgehead atoms. The molecule has 1 fully saturated rings. The maximum absolute atomic E-state index is 11.9. The topological polar surface area (TPSA) is 66.9 Å². The number of carbonyl (C=O) groups excluding carboxylic acids is 3. The summed E-state index contributed by atoms with van der Waals surface area (Å²) in [5.74, 6) is -1.48. The van der Waals surface area contributed by atoms with Gasteiger partial charge in [0.05, 0.1) is 12.5 Å². The number of hydrazine groups is 1. The SMILES string of the molecule is COC(=O)CC(=O)N1C(=O)C(C)(C)CN1C. The molecule has 1 heterocycles. The Labute approximate surface area is 94.1 Å². The average molecular weight is 228 g/mol. The molecule has 1 aliphatic heterocycles. The highest BCUT2D eigenvalue weighted by Crippen LogP contribution is 2.28. The molecule has 6 heteroatoms. The third kappa shape index (κ3) is 2.21. The van der Waals surface area contributed by atoms with Crippen LogP contribution in [0, 0.1) is 5.41 Å². The Morgan fingerprint density at radius 1 is 1.44 bits per heavy atom. The van der Waals surface area contributed by atoms with E-state index in [1.165, 1.54) is 12.1 Å². The Balaban J connectivity index is 2.78. The maximum Gasteiger partial charge on any atom is 0.315 e. The predicted molar refractivity (Wildman–Crippen MR) is 54.9 cm³/mol. The molecule has 0 saturated carbocycles. The molecule has 0 spiro atoms. The van der Waals surface area contributed by atoms with E-state index >= 15 is 0 Å². The van der Waals surface area contributed by atoms with Gasteiger partial charge in [-0.25, -0.2) is 10.0 Å². The second kappa shape index (κ2) is 4.21. The summed E-state index contributed by atoms with van der Waals surface area (Å²) in [4.78, 5) is 34.5. The highest BCUT2D eigenvalue weighted by Gasteiger charge is 2.45. The zero-order chi connectivity index (χ0) is 12.5. The van der Waals surface area contributed by atoms with Gasteiger partial charge in [-0.15, -0.1) is 0 Å². The molecule has 0 aromatic carbocycles. The smallest absolute Gasteiger partial charge is 0.315 e. The molecule has 1 saturated heterocycles. The van der Waals surface area contributed by atoms with Crippen LogP contribution in [0.4, 0.5) is 0 Å². The van der Waals surface area contributed by atoms with Crippen molar-refractivity contribution in [2.24, 2.45) is 5.41 Å². The van der Waals surface area contributed by atoms with Crippen molar-refractivity contribution in [3.8, 4) is 0 Å². The van der Waals surface area contributed by atoms with Crippen LogP contribution in [0.1, 0.15) is 20.3 Å². The van der Waals surface area contributed by atoms with Crippen molar-refractivity contribution >= 4 is 17.8 Å². The van der Waals surface area contributed by atoms with E-state index in [-0.39, 0.29) is 5.91 Å².